The Labute approximate surface area is 115 Å². The van der Waals surface area contributed by atoms with E-state index in [1.165, 1.54) is 24.4 Å². The minimum atomic E-state index is -0.679. The number of aromatic nitrogens is 3. The lowest BCUT2D eigenvalue weighted by atomic mass is 10.2. The highest BCUT2D eigenvalue weighted by molar-refractivity contribution is 7.18. The van der Waals surface area contributed by atoms with Gasteiger partial charge in [0, 0.05) is 12.3 Å². The molecule has 0 spiro atoms. The molecule has 98 valence electrons. The van der Waals surface area contributed by atoms with Crippen molar-refractivity contribution in [2.24, 2.45) is 0 Å². The van der Waals surface area contributed by atoms with Crippen LogP contribution in [0.4, 0.5) is 4.39 Å². The topological polar surface area (TPSA) is 80.3 Å². The van der Waals surface area contributed by atoms with Gasteiger partial charge in [-0.05, 0) is 23.5 Å². The fraction of sp³-hybridized carbons (Fsp3) is 0. The average Bonchev–Trinajstić information content (AvgIpc) is 2.83. The minimum absolute atomic E-state index is 0.0413. The Morgan fingerprint density at radius 2 is 2.25 bits per heavy atom. The molecule has 0 aliphatic heterocycles. The molecule has 0 fully saturated rings. The second kappa shape index (κ2) is 4.71. The van der Waals surface area contributed by atoms with Gasteiger partial charge in [-0.15, -0.1) is 5.10 Å². The van der Waals surface area contributed by atoms with E-state index >= 15 is 0 Å². The molecule has 3 rings (SSSR count). The quantitative estimate of drug-likeness (QED) is 0.720. The highest BCUT2D eigenvalue weighted by Crippen LogP contribution is 2.28. The monoisotopic (exact) mass is 288 g/mol. The zero-order chi connectivity index (χ0) is 14.1. The van der Waals surface area contributed by atoms with E-state index in [1.807, 2.05) is 0 Å². The van der Waals surface area contributed by atoms with Gasteiger partial charge in [0.15, 0.2) is 5.75 Å². The average molecular weight is 288 g/mol. The molecule has 0 unspecified atom stereocenters. The SMILES string of the molecule is N#Cc1c(F)cccc1Oc1nn2c(=O)ccnc2s1. The number of halogens is 1. The van der Waals surface area contributed by atoms with Gasteiger partial charge < -0.3 is 4.74 Å². The van der Waals surface area contributed by atoms with Gasteiger partial charge >= 0.3 is 0 Å². The number of hydrogen-bond acceptors (Lipinski definition) is 6. The van der Waals surface area contributed by atoms with Crippen LogP contribution in [0.15, 0.2) is 35.3 Å². The van der Waals surface area contributed by atoms with Crippen molar-refractivity contribution in [3.05, 3.63) is 52.2 Å². The van der Waals surface area contributed by atoms with Crippen molar-refractivity contribution in [1.82, 2.24) is 14.6 Å². The maximum absolute atomic E-state index is 13.4. The van der Waals surface area contributed by atoms with E-state index in [0.717, 1.165) is 21.9 Å². The summed E-state index contributed by atoms with van der Waals surface area (Å²) in [6, 6.07) is 7.02. The molecule has 0 amide bonds. The van der Waals surface area contributed by atoms with E-state index in [0.29, 0.717) is 4.96 Å². The first-order valence-electron chi connectivity index (χ1n) is 5.40. The molecule has 2 aromatic heterocycles. The first-order chi connectivity index (χ1) is 9.69. The Morgan fingerprint density at radius 3 is 3.00 bits per heavy atom. The van der Waals surface area contributed by atoms with Gasteiger partial charge in [0.05, 0.1) is 0 Å². The van der Waals surface area contributed by atoms with Gasteiger partial charge in [-0.3, -0.25) is 4.79 Å². The van der Waals surface area contributed by atoms with Gasteiger partial charge in [0.25, 0.3) is 10.8 Å². The third-order valence-electron chi connectivity index (χ3n) is 2.44. The molecule has 6 nitrogen and oxygen atoms in total. The molecule has 0 radical (unpaired) electrons. The summed E-state index contributed by atoms with van der Waals surface area (Å²) in [5, 5.41) is 12.9. The van der Waals surface area contributed by atoms with Crippen LogP contribution < -0.4 is 10.3 Å². The first kappa shape index (κ1) is 12.3. The minimum Gasteiger partial charge on any atom is -0.428 e. The Bertz CT molecular complexity index is 896. The van der Waals surface area contributed by atoms with Crippen molar-refractivity contribution in [2.45, 2.75) is 0 Å². The number of rotatable bonds is 2. The fourth-order valence-electron chi connectivity index (χ4n) is 1.56. The van der Waals surface area contributed by atoms with Gasteiger partial charge in [-0.25, -0.2) is 9.37 Å². The van der Waals surface area contributed by atoms with Crippen LogP contribution in [0.1, 0.15) is 5.56 Å². The number of fused-ring (bicyclic) bond motifs is 1. The maximum atomic E-state index is 13.4. The van der Waals surface area contributed by atoms with E-state index in [2.05, 4.69) is 10.1 Å². The third kappa shape index (κ3) is 2.00. The van der Waals surface area contributed by atoms with Crippen molar-refractivity contribution in [3.63, 3.8) is 0 Å². The van der Waals surface area contributed by atoms with Crippen molar-refractivity contribution < 1.29 is 9.13 Å². The van der Waals surface area contributed by atoms with E-state index in [1.54, 1.807) is 6.07 Å². The summed E-state index contributed by atoms with van der Waals surface area (Å²) in [5.41, 5.74) is -0.562. The molecule has 1 aromatic carbocycles. The maximum Gasteiger partial charge on any atom is 0.300 e. The highest BCUT2D eigenvalue weighted by Gasteiger charge is 2.13. The molecule has 0 saturated heterocycles. The second-order valence-electron chi connectivity index (χ2n) is 3.67. The van der Waals surface area contributed by atoms with Crippen molar-refractivity contribution in [1.29, 1.82) is 5.26 Å². The lowest BCUT2D eigenvalue weighted by molar-refractivity contribution is 0.462. The smallest absolute Gasteiger partial charge is 0.300 e. The van der Waals surface area contributed by atoms with Crippen molar-refractivity contribution >= 4 is 16.3 Å². The zero-order valence-electron chi connectivity index (χ0n) is 9.78. The van der Waals surface area contributed by atoms with Crippen LogP contribution in [0, 0.1) is 17.1 Å². The van der Waals surface area contributed by atoms with E-state index in [4.69, 9.17) is 10.00 Å². The van der Waals surface area contributed by atoms with Gasteiger partial charge in [-0.1, -0.05) is 6.07 Å². The molecule has 0 N–H and O–H groups in total. The van der Waals surface area contributed by atoms with E-state index in [9.17, 15) is 9.18 Å². The Hall–Kier alpha value is -2.79. The molecular formula is C12H5FN4O2S. The standard InChI is InChI=1S/C12H5FN4O2S/c13-8-2-1-3-9(7(8)6-14)19-12-16-17-10(18)4-5-15-11(17)20-12/h1-5H. The van der Waals surface area contributed by atoms with Crippen LogP contribution in [0.25, 0.3) is 4.96 Å². The summed E-state index contributed by atoms with van der Waals surface area (Å²) in [6.07, 6.45) is 1.36. The molecule has 0 aliphatic rings. The van der Waals surface area contributed by atoms with Crippen LogP contribution in [0.3, 0.4) is 0 Å². The number of nitriles is 1. The molecule has 0 bridgehead atoms. The molecule has 2 heterocycles. The van der Waals surface area contributed by atoms with Crippen LogP contribution in [0.2, 0.25) is 0 Å². The molecular weight excluding hydrogens is 283 g/mol. The highest BCUT2D eigenvalue weighted by atomic mass is 32.1. The molecule has 8 heteroatoms. The molecule has 0 saturated carbocycles. The molecule has 0 aliphatic carbocycles. The Balaban J connectivity index is 2.06. The molecule has 3 aromatic rings. The summed E-state index contributed by atoms with van der Waals surface area (Å²) in [5.74, 6) is -0.638. The van der Waals surface area contributed by atoms with Crippen molar-refractivity contribution in [2.75, 3.05) is 0 Å². The lowest BCUT2D eigenvalue weighted by Crippen LogP contribution is -2.12. The van der Waals surface area contributed by atoms with Crippen LogP contribution in [-0.2, 0) is 0 Å². The van der Waals surface area contributed by atoms with Crippen LogP contribution >= 0.6 is 11.3 Å². The predicted octanol–water partition coefficient (Wildman–Crippen LogP) is 1.95. The van der Waals surface area contributed by atoms with Crippen molar-refractivity contribution in [3.8, 4) is 17.0 Å². The number of hydrogen-bond donors (Lipinski definition) is 0. The summed E-state index contributed by atoms with van der Waals surface area (Å²) in [4.78, 5) is 15.8. The number of nitrogens with zero attached hydrogens (tertiary/aromatic N) is 4. The molecule has 20 heavy (non-hydrogen) atoms. The zero-order valence-corrected chi connectivity index (χ0v) is 10.6. The largest absolute Gasteiger partial charge is 0.428 e. The summed E-state index contributed by atoms with van der Waals surface area (Å²) < 4.78 is 19.9. The summed E-state index contributed by atoms with van der Waals surface area (Å²) in [7, 11) is 0. The first-order valence-corrected chi connectivity index (χ1v) is 6.22. The Morgan fingerprint density at radius 1 is 1.40 bits per heavy atom. The predicted molar refractivity (Wildman–Crippen MR) is 68.3 cm³/mol. The van der Waals surface area contributed by atoms with Gasteiger partial charge in [-0.2, -0.15) is 9.78 Å². The second-order valence-corrected chi connectivity index (χ2v) is 4.59. The molecule has 0 atom stereocenters. The summed E-state index contributed by atoms with van der Waals surface area (Å²) >= 11 is 1.02. The van der Waals surface area contributed by atoms with Gasteiger partial charge in [0.1, 0.15) is 17.4 Å². The normalized spacial score (nSPS) is 10.4. The Kier molecular flexibility index (Phi) is 2.89. The van der Waals surface area contributed by atoms with E-state index in [-0.39, 0.29) is 22.1 Å². The van der Waals surface area contributed by atoms with E-state index < -0.39 is 5.82 Å². The number of benzene rings is 1. The van der Waals surface area contributed by atoms with Crippen LogP contribution in [-0.4, -0.2) is 14.6 Å². The van der Waals surface area contributed by atoms with Gasteiger partial charge in [0.2, 0.25) is 4.96 Å². The van der Waals surface area contributed by atoms with Crippen LogP contribution in [0.5, 0.6) is 10.9 Å². The third-order valence-corrected chi connectivity index (χ3v) is 3.24. The lowest BCUT2D eigenvalue weighted by Gasteiger charge is -2.03. The number of ether oxygens (including phenoxy) is 1. The fourth-order valence-corrected chi connectivity index (χ4v) is 2.30. The summed E-state index contributed by atoms with van der Waals surface area (Å²) in [6.45, 7) is 0.